The Balaban J connectivity index is 1.58. The summed E-state index contributed by atoms with van der Waals surface area (Å²) in [5, 5.41) is 15.4. The number of methoxy groups -OCH3 is 1. The van der Waals surface area contributed by atoms with Crippen LogP contribution in [-0.2, 0) is 23.1 Å². The number of hydrogen-bond donors (Lipinski definition) is 2. The molecule has 2 fully saturated rings. The predicted octanol–water partition coefficient (Wildman–Crippen LogP) is -0.0841. The molecule has 2 N–H and O–H groups in total. The van der Waals surface area contributed by atoms with E-state index in [1.54, 1.807) is 7.11 Å². The summed E-state index contributed by atoms with van der Waals surface area (Å²) in [7, 11) is 3.72. The summed E-state index contributed by atoms with van der Waals surface area (Å²) >= 11 is 0. The molecule has 1 aromatic heterocycles. The molecule has 1 aliphatic heterocycles. The quantitative estimate of drug-likeness (QED) is 0.458. The van der Waals surface area contributed by atoms with Crippen molar-refractivity contribution in [3.8, 4) is 0 Å². The molecule has 9 nitrogen and oxygen atoms in total. The number of aliphatic imine (C=N–C) groups is 1. The molecule has 0 amide bonds. The maximum atomic E-state index is 5.41. The van der Waals surface area contributed by atoms with Crippen molar-refractivity contribution in [3.05, 3.63) is 11.6 Å². The van der Waals surface area contributed by atoms with Gasteiger partial charge >= 0.3 is 0 Å². The van der Waals surface area contributed by atoms with E-state index in [-0.39, 0.29) is 0 Å². The number of morpholine rings is 1. The van der Waals surface area contributed by atoms with E-state index in [1.165, 1.54) is 12.8 Å². The van der Waals surface area contributed by atoms with Crippen LogP contribution >= 0.6 is 0 Å². The molecule has 3 rings (SSSR count). The summed E-state index contributed by atoms with van der Waals surface area (Å²) < 4.78 is 12.8. The zero-order valence-electron chi connectivity index (χ0n) is 16.8. The largest absolute Gasteiger partial charge is 0.383 e. The first-order chi connectivity index (χ1) is 13.2. The van der Waals surface area contributed by atoms with Crippen LogP contribution < -0.4 is 10.6 Å². The Morgan fingerprint density at radius 3 is 2.74 bits per heavy atom. The molecule has 1 atom stereocenters. The Morgan fingerprint density at radius 1 is 1.33 bits per heavy atom. The first-order valence-electron chi connectivity index (χ1n) is 9.86. The highest BCUT2D eigenvalue weighted by atomic mass is 16.5. The molecule has 152 valence electrons. The fraction of sp³-hybridized carbons (Fsp3) is 0.833. The summed E-state index contributed by atoms with van der Waals surface area (Å²) in [6, 6.07) is 0.297. The summed E-state index contributed by atoms with van der Waals surface area (Å²) in [6.07, 6.45) is 2.51. The van der Waals surface area contributed by atoms with Gasteiger partial charge in [-0.25, -0.2) is 4.99 Å². The van der Waals surface area contributed by atoms with Crippen molar-refractivity contribution in [1.29, 1.82) is 0 Å². The molecule has 0 bridgehead atoms. The maximum Gasteiger partial charge on any atom is 0.192 e. The Kier molecular flexibility index (Phi) is 7.42. The lowest BCUT2D eigenvalue weighted by Gasteiger charge is -2.27. The normalized spacial score (nSPS) is 19.9. The Labute approximate surface area is 161 Å². The molecule has 1 aromatic rings. The average molecular weight is 380 g/mol. The van der Waals surface area contributed by atoms with Crippen molar-refractivity contribution in [3.63, 3.8) is 0 Å². The Hall–Kier alpha value is -1.71. The second-order valence-corrected chi connectivity index (χ2v) is 7.31. The molecule has 1 unspecified atom stereocenters. The minimum Gasteiger partial charge on any atom is -0.383 e. The van der Waals surface area contributed by atoms with Gasteiger partial charge in [0.15, 0.2) is 11.8 Å². The van der Waals surface area contributed by atoms with Crippen molar-refractivity contribution in [2.45, 2.75) is 32.4 Å². The van der Waals surface area contributed by atoms with E-state index in [4.69, 9.17) is 14.5 Å². The minimum absolute atomic E-state index is 0.297. The van der Waals surface area contributed by atoms with Crippen LogP contribution in [0, 0.1) is 12.8 Å². The van der Waals surface area contributed by atoms with Crippen molar-refractivity contribution in [2.24, 2.45) is 18.0 Å². The third-order valence-electron chi connectivity index (χ3n) is 5.24. The van der Waals surface area contributed by atoms with Crippen LogP contribution in [0.25, 0.3) is 0 Å². The SMILES string of the molecule is COCC(NC(=NCc1nnc(C)n1C)NCCN1CCOCC1)C1CC1. The van der Waals surface area contributed by atoms with Gasteiger partial charge < -0.3 is 24.7 Å². The van der Waals surface area contributed by atoms with Crippen LogP contribution in [0.4, 0.5) is 0 Å². The molecular formula is C18H33N7O2. The van der Waals surface area contributed by atoms with Crippen LogP contribution in [0.3, 0.4) is 0 Å². The van der Waals surface area contributed by atoms with Gasteiger partial charge in [-0.15, -0.1) is 10.2 Å². The fourth-order valence-corrected chi connectivity index (χ4v) is 3.20. The zero-order chi connectivity index (χ0) is 19.1. The molecule has 1 saturated carbocycles. The van der Waals surface area contributed by atoms with Gasteiger partial charge in [-0.1, -0.05) is 0 Å². The number of ether oxygens (including phenoxy) is 2. The average Bonchev–Trinajstić information content (AvgIpc) is 3.47. The standard InChI is InChI=1S/C18H33N7O2/c1-14-22-23-17(24(14)2)12-20-18(21-16(13-26-3)15-4-5-15)19-6-7-25-8-10-27-11-9-25/h15-16H,4-13H2,1-3H3,(H2,19,20,21). The van der Waals surface area contributed by atoms with Crippen LogP contribution in [0.2, 0.25) is 0 Å². The van der Waals surface area contributed by atoms with E-state index in [9.17, 15) is 0 Å². The lowest BCUT2D eigenvalue weighted by atomic mass is 10.2. The van der Waals surface area contributed by atoms with E-state index in [0.717, 1.165) is 57.0 Å². The van der Waals surface area contributed by atoms with E-state index >= 15 is 0 Å². The molecule has 2 heterocycles. The fourth-order valence-electron chi connectivity index (χ4n) is 3.20. The number of nitrogens with zero attached hydrogens (tertiary/aromatic N) is 5. The first kappa shape index (κ1) is 20.0. The molecule has 0 aromatic carbocycles. The molecule has 0 spiro atoms. The maximum absolute atomic E-state index is 5.41. The van der Waals surface area contributed by atoms with Gasteiger partial charge in [0.25, 0.3) is 0 Å². The van der Waals surface area contributed by atoms with Crippen molar-refractivity contribution in [1.82, 2.24) is 30.3 Å². The highest BCUT2D eigenvalue weighted by Crippen LogP contribution is 2.32. The number of aryl methyl sites for hydroxylation is 1. The van der Waals surface area contributed by atoms with Crippen molar-refractivity contribution in [2.75, 3.05) is 53.1 Å². The lowest BCUT2D eigenvalue weighted by Crippen LogP contribution is -2.49. The van der Waals surface area contributed by atoms with Gasteiger partial charge in [-0.05, 0) is 25.7 Å². The molecule has 1 aliphatic carbocycles. The number of aromatic nitrogens is 3. The van der Waals surface area contributed by atoms with Gasteiger partial charge in [0.2, 0.25) is 0 Å². The van der Waals surface area contributed by atoms with E-state index < -0.39 is 0 Å². The van der Waals surface area contributed by atoms with E-state index in [1.807, 2.05) is 18.5 Å². The van der Waals surface area contributed by atoms with E-state index in [2.05, 4.69) is 25.7 Å². The summed E-state index contributed by atoms with van der Waals surface area (Å²) in [6.45, 7) is 8.58. The molecular weight excluding hydrogens is 346 g/mol. The van der Waals surface area contributed by atoms with Gasteiger partial charge in [-0.2, -0.15) is 0 Å². The summed E-state index contributed by atoms with van der Waals surface area (Å²) in [5.74, 6) is 3.24. The lowest BCUT2D eigenvalue weighted by molar-refractivity contribution is 0.0389. The van der Waals surface area contributed by atoms with Crippen molar-refractivity contribution >= 4 is 5.96 Å². The molecule has 1 saturated heterocycles. The highest BCUT2D eigenvalue weighted by Gasteiger charge is 2.31. The highest BCUT2D eigenvalue weighted by molar-refractivity contribution is 5.80. The van der Waals surface area contributed by atoms with Crippen molar-refractivity contribution < 1.29 is 9.47 Å². The Morgan fingerprint density at radius 2 is 2.11 bits per heavy atom. The molecule has 0 radical (unpaired) electrons. The van der Waals surface area contributed by atoms with Gasteiger partial charge in [0.05, 0.1) is 25.9 Å². The number of nitrogens with one attached hydrogen (secondary N) is 2. The number of guanidine groups is 1. The predicted molar refractivity (Wildman–Crippen MR) is 104 cm³/mol. The van der Waals surface area contributed by atoms with Crippen LogP contribution in [0.5, 0.6) is 0 Å². The molecule has 9 heteroatoms. The smallest absolute Gasteiger partial charge is 0.192 e. The second kappa shape index (κ2) is 10.0. The molecule has 27 heavy (non-hydrogen) atoms. The monoisotopic (exact) mass is 379 g/mol. The van der Waals surface area contributed by atoms with Crippen LogP contribution in [0.1, 0.15) is 24.5 Å². The van der Waals surface area contributed by atoms with Gasteiger partial charge in [0, 0.05) is 40.3 Å². The van der Waals surface area contributed by atoms with E-state index in [0.29, 0.717) is 25.1 Å². The summed E-state index contributed by atoms with van der Waals surface area (Å²) in [5.41, 5.74) is 0. The topological polar surface area (TPSA) is 88.8 Å². The minimum atomic E-state index is 0.297. The number of rotatable bonds is 9. The molecule has 2 aliphatic rings. The second-order valence-electron chi connectivity index (χ2n) is 7.31. The third kappa shape index (κ3) is 6.15. The van der Waals surface area contributed by atoms with Crippen LogP contribution in [0.15, 0.2) is 4.99 Å². The first-order valence-corrected chi connectivity index (χ1v) is 9.86. The Bertz CT molecular complexity index is 609. The number of hydrogen-bond acceptors (Lipinski definition) is 6. The van der Waals surface area contributed by atoms with Gasteiger partial charge in [-0.3, -0.25) is 4.90 Å². The van der Waals surface area contributed by atoms with Gasteiger partial charge in [0.1, 0.15) is 12.4 Å². The summed E-state index contributed by atoms with van der Waals surface area (Å²) in [4.78, 5) is 7.17. The zero-order valence-corrected chi connectivity index (χ0v) is 16.8. The third-order valence-corrected chi connectivity index (χ3v) is 5.24. The van der Waals surface area contributed by atoms with Crippen LogP contribution in [-0.4, -0.2) is 84.8 Å².